The van der Waals surface area contributed by atoms with E-state index in [2.05, 4.69) is 35.8 Å². The molecule has 2 aromatic heterocycles. The summed E-state index contributed by atoms with van der Waals surface area (Å²) < 4.78 is 22.0. The summed E-state index contributed by atoms with van der Waals surface area (Å²) in [7, 11) is 4.53. The molecule has 186 valence electrons. The van der Waals surface area contributed by atoms with Gasteiger partial charge in [0.05, 0.1) is 33.2 Å². The van der Waals surface area contributed by atoms with Gasteiger partial charge in [0.2, 0.25) is 17.4 Å². The first-order valence-electron chi connectivity index (χ1n) is 10.4. The van der Waals surface area contributed by atoms with Crippen LogP contribution in [-0.4, -0.2) is 58.8 Å². The van der Waals surface area contributed by atoms with E-state index in [0.29, 0.717) is 34.3 Å². The van der Waals surface area contributed by atoms with Crippen molar-refractivity contribution in [3.8, 4) is 23.1 Å². The van der Waals surface area contributed by atoms with Gasteiger partial charge in [-0.1, -0.05) is 23.4 Å². The van der Waals surface area contributed by atoms with Gasteiger partial charge in [-0.2, -0.15) is 9.78 Å². The number of hydrogen-bond donors (Lipinski definition) is 2. The van der Waals surface area contributed by atoms with Crippen molar-refractivity contribution in [1.82, 2.24) is 30.7 Å². The molecule has 4 aromatic rings. The van der Waals surface area contributed by atoms with Crippen LogP contribution in [0.4, 0.5) is 5.82 Å². The van der Waals surface area contributed by atoms with Crippen LogP contribution in [0, 0.1) is 0 Å². The Kier molecular flexibility index (Phi) is 7.65. The van der Waals surface area contributed by atoms with Crippen LogP contribution in [0.15, 0.2) is 57.1 Å². The molecule has 2 aromatic carbocycles. The number of methoxy groups -OCH3 is 3. The number of carbonyl (C=O) groups excluding carboxylic acids is 1. The van der Waals surface area contributed by atoms with Crippen LogP contribution < -0.4 is 25.4 Å². The molecule has 36 heavy (non-hydrogen) atoms. The second-order valence-corrected chi connectivity index (χ2v) is 8.08. The van der Waals surface area contributed by atoms with Crippen LogP contribution in [0.5, 0.6) is 17.2 Å². The lowest BCUT2D eigenvalue weighted by Gasteiger charge is -2.12. The number of thioether (sulfide) groups is 1. The summed E-state index contributed by atoms with van der Waals surface area (Å²) in [6.45, 7) is 0. The molecule has 0 spiro atoms. The minimum absolute atomic E-state index is 0.0123. The van der Waals surface area contributed by atoms with Gasteiger partial charge in [0.1, 0.15) is 0 Å². The Morgan fingerprint density at radius 1 is 1.14 bits per heavy atom. The number of nitrogens with one attached hydrogen (secondary N) is 1. The fraction of sp³-hybridized carbons (Fsp3) is 0.182. The molecule has 0 saturated heterocycles. The molecule has 14 heteroatoms. The van der Waals surface area contributed by atoms with E-state index in [1.54, 1.807) is 12.1 Å². The van der Waals surface area contributed by atoms with E-state index in [-0.39, 0.29) is 17.3 Å². The molecule has 0 aliphatic rings. The zero-order chi connectivity index (χ0) is 25.5. The molecule has 0 aliphatic carbocycles. The van der Waals surface area contributed by atoms with Crippen LogP contribution in [0.3, 0.4) is 0 Å². The van der Waals surface area contributed by atoms with E-state index in [0.717, 1.165) is 4.90 Å². The Bertz CT molecular complexity index is 1350. The number of rotatable bonds is 10. The molecular formula is C22H22N8O5S. The normalized spacial score (nSPS) is 11.0. The van der Waals surface area contributed by atoms with E-state index >= 15 is 0 Å². The molecule has 2 heterocycles. The summed E-state index contributed by atoms with van der Waals surface area (Å²) >= 11 is 1.48. The van der Waals surface area contributed by atoms with Gasteiger partial charge < -0.3 is 19.9 Å². The number of benzene rings is 2. The van der Waals surface area contributed by atoms with Gasteiger partial charge in [-0.15, -0.1) is 16.9 Å². The molecule has 4 rings (SSSR count). The number of nitrogens with two attached hydrogens (primary N) is 1. The van der Waals surface area contributed by atoms with Gasteiger partial charge in [-0.05, 0) is 34.6 Å². The van der Waals surface area contributed by atoms with Crippen LogP contribution >= 0.6 is 11.8 Å². The number of nitrogens with zero attached hydrogens (tertiary/aromatic N) is 6. The Balaban J connectivity index is 1.57. The quantitative estimate of drug-likeness (QED) is 0.183. The van der Waals surface area contributed by atoms with Crippen LogP contribution in [-0.2, 0) is 5.75 Å². The van der Waals surface area contributed by atoms with E-state index < -0.39 is 5.91 Å². The predicted octanol–water partition coefficient (Wildman–Crippen LogP) is 2.31. The number of nitrogen functional groups attached to an aromatic ring is 1. The summed E-state index contributed by atoms with van der Waals surface area (Å²) in [6.07, 6.45) is 1.44. The first-order valence-corrected chi connectivity index (χ1v) is 11.4. The maximum Gasteiger partial charge on any atom is 0.293 e. The molecule has 13 nitrogen and oxygen atoms in total. The number of aromatic nitrogens is 5. The molecule has 3 N–H and O–H groups in total. The monoisotopic (exact) mass is 510 g/mol. The van der Waals surface area contributed by atoms with E-state index in [9.17, 15) is 4.79 Å². The highest BCUT2D eigenvalue weighted by Crippen LogP contribution is 2.37. The molecule has 0 unspecified atom stereocenters. The fourth-order valence-corrected chi connectivity index (χ4v) is 4.09. The van der Waals surface area contributed by atoms with Crippen LogP contribution in [0.1, 0.15) is 21.7 Å². The Morgan fingerprint density at radius 2 is 1.86 bits per heavy atom. The van der Waals surface area contributed by atoms with Crippen molar-refractivity contribution in [2.45, 2.75) is 10.6 Å². The number of hydrogen-bond acceptors (Lipinski definition) is 12. The first-order chi connectivity index (χ1) is 17.5. The van der Waals surface area contributed by atoms with Gasteiger partial charge in [-0.3, -0.25) is 4.79 Å². The summed E-state index contributed by atoms with van der Waals surface area (Å²) in [5.41, 5.74) is 9.38. The number of hydrazone groups is 1. The third kappa shape index (κ3) is 5.22. The Morgan fingerprint density at radius 3 is 2.47 bits per heavy atom. The number of amides is 1. The minimum atomic E-state index is -0.580. The summed E-state index contributed by atoms with van der Waals surface area (Å²) in [5, 5.41) is 19.4. The number of ether oxygens (including phenoxy) is 3. The Labute approximate surface area is 209 Å². The lowest BCUT2D eigenvalue weighted by molar-refractivity contribution is 0.0949. The van der Waals surface area contributed by atoms with Gasteiger partial charge in [0.25, 0.3) is 5.91 Å². The highest BCUT2D eigenvalue weighted by molar-refractivity contribution is 7.98. The molecule has 0 bridgehead atoms. The molecular weight excluding hydrogens is 488 g/mol. The van der Waals surface area contributed by atoms with Crippen molar-refractivity contribution >= 4 is 29.7 Å². The third-order valence-electron chi connectivity index (χ3n) is 4.86. The summed E-state index contributed by atoms with van der Waals surface area (Å²) in [6, 6.07) is 13.0. The van der Waals surface area contributed by atoms with E-state index in [1.807, 2.05) is 30.3 Å². The van der Waals surface area contributed by atoms with Crippen molar-refractivity contribution in [2.75, 3.05) is 27.1 Å². The SMILES string of the molecule is COc1cc(/C=N/NC(=O)c2nnn(-c3nonc3N)c2CSc2ccccc2)cc(OC)c1OC. The van der Waals surface area contributed by atoms with Crippen molar-refractivity contribution in [3.05, 3.63) is 59.4 Å². The molecule has 0 saturated carbocycles. The lowest BCUT2D eigenvalue weighted by atomic mass is 10.2. The van der Waals surface area contributed by atoms with Crippen molar-refractivity contribution in [2.24, 2.45) is 5.10 Å². The van der Waals surface area contributed by atoms with Crippen molar-refractivity contribution in [1.29, 1.82) is 0 Å². The molecule has 0 aliphatic heterocycles. The smallest absolute Gasteiger partial charge is 0.293 e. The topological polar surface area (TPSA) is 165 Å². The lowest BCUT2D eigenvalue weighted by Crippen LogP contribution is -2.20. The highest BCUT2D eigenvalue weighted by Gasteiger charge is 2.24. The third-order valence-corrected chi connectivity index (χ3v) is 5.88. The number of anilines is 1. The highest BCUT2D eigenvalue weighted by atomic mass is 32.2. The average molecular weight is 511 g/mol. The molecule has 0 atom stereocenters. The average Bonchev–Trinajstić information content (AvgIpc) is 3.52. The van der Waals surface area contributed by atoms with Crippen LogP contribution in [0.2, 0.25) is 0 Å². The van der Waals surface area contributed by atoms with Crippen molar-refractivity contribution in [3.63, 3.8) is 0 Å². The van der Waals surface area contributed by atoms with Gasteiger partial charge >= 0.3 is 0 Å². The number of carbonyl (C=O) groups is 1. The Hall–Kier alpha value is -4.59. The largest absolute Gasteiger partial charge is 0.493 e. The molecule has 0 fully saturated rings. The fourth-order valence-electron chi connectivity index (χ4n) is 3.18. The second-order valence-electron chi connectivity index (χ2n) is 7.03. The molecule has 0 radical (unpaired) electrons. The van der Waals surface area contributed by atoms with E-state index in [4.69, 9.17) is 19.9 Å². The zero-order valence-corrected chi connectivity index (χ0v) is 20.4. The van der Waals surface area contributed by atoms with Crippen molar-refractivity contribution < 1.29 is 23.6 Å². The van der Waals surface area contributed by atoms with Crippen LogP contribution in [0.25, 0.3) is 5.82 Å². The predicted molar refractivity (Wildman–Crippen MR) is 131 cm³/mol. The van der Waals surface area contributed by atoms with Gasteiger partial charge in [0, 0.05) is 16.2 Å². The summed E-state index contributed by atoms with van der Waals surface area (Å²) in [5.74, 6) is 1.24. The minimum Gasteiger partial charge on any atom is -0.493 e. The zero-order valence-electron chi connectivity index (χ0n) is 19.5. The summed E-state index contributed by atoms with van der Waals surface area (Å²) in [4.78, 5) is 14.0. The van der Waals surface area contributed by atoms with E-state index in [1.165, 1.54) is 44.0 Å². The standard InChI is InChI=1S/C22H22N8O5S/c1-32-16-9-13(10-17(33-2)19(16)34-3)11-24-26-22(31)18-15(12-36-14-7-5-4-6-8-14)30(29-25-18)21-20(23)27-35-28-21/h4-11H,12H2,1-3H3,(H2,23,27)(H,26,31)/b24-11+. The van der Waals surface area contributed by atoms with Gasteiger partial charge in [-0.25, -0.2) is 10.1 Å². The van der Waals surface area contributed by atoms with Gasteiger partial charge in [0.15, 0.2) is 17.2 Å². The maximum atomic E-state index is 13.0. The maximum absolute atomic E-state index is 13.0. The second kappa shape index (κ2) is 11.2. The molecule has 1 amide bonds. The first kappa shape index (κ1) is 24.5.